The van der Waals surface area contributed by atoms with E-state index in [0.717, 1.165) is 18.6 Å². The maximum Gasteiger partial charge on any atom is 0.416 e. The van der Waals surface area contributed by atoms with Crippen LogP contribution in [0.25, 0.3) is 0 Å². The van der Waals surface area contributed by atoms with E-state index in [1.54, 1.807) is 36.4 Å². The number of anilines is 3. The van der Waals surface area contributed by atoms with Crippen molar-refractivity contribution in [2.45, 2.75) is 32.5 Å². The van der Waals surface area contributed by atoms with Gasteiger partial charge in [-0.15, -0.1) is 0 Å². The first-order chi connectivity index (χ1) is 17.5. The van der Waals surface area contributed by atoms with E-state index in [1.807, 2.05) is 13.8 Å². The molecule has 194 valence electrons. The molecule has 1 atom stereocenters. The van der Waals surface area contributed by atoms with E-state index >= 15 is 0 Å². The SMILES string of the molecule is CCC(C)NC(=O)c1cccc(NCC(=O)Nc2cccc(C(=O)Nc3cccc(C(F)(F)F)c3)c2)c1. The first-order valence-corrected chi connectivity index (χ1v) is 11.6. The fourth-order valence-electron chi connectivity index (χ4n) is 3.28. The maximum absolute atomic E-state index is 12.9. The Labute approximate surface area is 212 Å². The van der Waals surface area contributed by atoms with Gasteiger partial charge in [0.05, 0.1) is 12.1 Å². The van der Waals surface area contributed by atoms with E-state index in [4.69, 9.17) is 0 Å². The second kappa shape index (κ2) is 12.1. The number of halogens is 3. The lowest BCUT2D eigenvalue weighted by atomic mass is 10.1. The lowest BCUT2D eigenvalue weighted by Crippen LogP contribution is -2.31. The second-order valence-electron chi connectivity index (χ2n) is 8.38. The van der Waals surface area contributed by atoms with Gasteiger partial charge < -0.3 is 21.3 Å². The third-order valence-electron chi connectivity index (χ3n) is 5.42. The minimum Gasteiger partial charge on any atom is -0.376 e. The van der Waals surface area contributed by atoms with Crippen LogP contribution in [0.15, 0.2) is 72.8 Å². The first kappa shape index (κ1) is 27.3. The Morgan fingerprint density at radius 2 is 1.35 bits per heavy atom. The topological polar surface area (TPSA) is 99.3 Å². The fourth-order valence-corrected chi connectivity index (χ4v) is 3.28. The first-order valence-electron chi connectivity index (χ1n) is 11.6. The van der Waals surface area contributed by atoms with Gasteiger partial charge in [-0.2, -0.15) is 13.2 Å². The molecule has 3 amide bonds. The number of carbonyl (C=O) groups is 3. The van der Waals surface area contributed by atoms with Crippen molar-refractivity contribution >= 4 is 34.8 Å². The van der Waals surface area contributed by atoms with Crippen molar-refractivity contribution in [3.05, 3.63) is 89.5 Å². The van der Waals surface area contributed by atoms with Crippen LogP contribution in [0.1, 0.15) is 46.5 Å². The smallest absolute Gasteiger partial charge is 0.376 e. The van der Waals surface area contributed by atoms with Gasteiger partial charge in [0.25, 0.3) is 11.8 Å². The molecule has 0 radical (unpaired) electrons. The van der Waals surface area contributed by atoms with Gasteiger partial charge in [-0.1, -0.05) is 25.1 Å². The van der Waals surface area contributed by atoms with Crippen LogP contribution in [0.4, 0.5) is 30.2 Å². The number of hydrogen-bond acceptors (Lipinski definition) is 4. The summed E-state index contributed by atoms with van der Waals surface area (Å²) in [7, 11) is 0. The molecule has 0 aliphatic carbocycles. The van der Waals surface area contributed by atoms with Gasteiger partial charge in [0.1, 0.15) is 0 Å². The number of nitrogens with one attached hydrogen (secondary N) is 4. The zero-order valence-corrected chi connectivity index (χ0v) is 20.3. The van der Waals surface area contributed by atoms with Gasteiger partial charge in [0.15, 0.2) is 0 Å². The van der Waals surface area contributed by atoms with Crippen molar-refractivity contribution in [1.82, 2.24) is 5.32 Å². The van der Waals surface area contributed by atoms with Crippen molar-refractivity contribution in [2.24, 2.45) is 0 Å². The van der Waals surface area contributed by atoms with Gasteiger partial charge in [0.2, 0.25) is 5.91 Å². The average molecular weight is 513 g/mol. The van der Waals surface area contributed by atoms with Gasteiger partial charge in [-0.05, 0) is 67.9 Å². The molecule has 0 saturated carbocycles. The van der Waals surface area contributed by atoms with Crippen molar-refractivity contribution in [2.75, 3.05) is 22.5 Å². The van der Waals surface area contributed by atoms with Crippen molar-refractivity contribution in [1.29, 1.82) is 0 Å². The molecular formula is C27H27F3N4O3. The van der Waals surface area contributed by atoms with E-state index in [2.05, 4.69) is 21.3 Å². The van der Waals surface area contributed by atoms with Crippen LogP contribution in [0.2, 0.25) is 0 Å². The van der Waals surface area contributed by atoms with E-state index < -0.39 is 23.6 Å². The van der Waals surface area contributed by atoms with E-state index in [-0.39, 0.29) is 29.7 Å². The molecule has 0 aromatic heterocycles. The Hall–Kier alpha value is -4.34. The number of benzene rings is 3. The summed E-state index contributed by atoms with van der Waals surface area (Å²) in [6.07, 6.45) is -3.72. The van der Waals surface area contributed by atoms with E-state index in [0.29, 0.717) is 16.9 Å². The Balaban J connectivity index is 1.58. The normalized spacial score (nSPS) is 11.8. The Kier molecular flexibility index (Phi) is 8.89. The van der Waals surface area contributed by atoms with Crippen molar-refractivity contribution in [3.8, 4) is 0 Å². The summed E-state index contributed by atoms with van der Waals surface area (Å²) >= 11 is 0. The van der Waals surface area contributed by atoms with Gasteiger partial charge in [-0.25, -0.2) is 0 Å². The van der Waals surface area contributed by atoms with Crippen molar-refractivity contribution in [3.63, 3.8) is 0 Å². The van der Waals surface area contributed by atoms with Crippen LogP contribution in [0.3, 0.4) is 0 Å². The minimum atomic E-state index is -4.53. The van der Waals surface area contributed by atoms with Crippen LogP contribution in [0.5, 0.6) is 0 Å². The quantitative estimate of drug-likeness (QED) is 0.303. The summed E-state index contributed by atoms with van der Waals surface area (Å²) in [5.41, 5.74) is 0.666. The highest BCUT2D eigenvalue weighted by Gasteiger charge is 2.30. The zero-order chi connectivity index (χ0) is 27.0. The Morgan fingerprint density at radius 3 is 2.00 bits per heavy atom. The highest BCUT2D eigenvalue weighted by Crippen LogP contribution is 2.30. The Morgan fingerprint density at radius 1 is 0.784 bits per heavy atom. The molecule has 0 saturated heterocycles. The largest absolute Gasteiger partial charge is 0.416 e. The number of hydrogen-bond donors (Lipinski definition) is 4. The highest BCUT2D eigenvalue weighted by molar-refractivity contribution is 6.05. The molecule has 3 aromatic carbocycles. The van der Waals surface area contributed by atoms with E-state index in [1.165, 1.54) is 24.3 Å². The molecule has 10 heteroatoms. The number of rotatable bonds is 9. The summed E-state index contributed by atoms with van der Waals surface area (Å²) in [5.74, 6) is -1.23. The maximum atomic E-state index is 12.9. The van der Waals surface area contributed by atoms with Gasteiger partial charge in [0, 0.05) is 34.2 Å². The van der Waals surface area contributed by atoms with Gasteiger partial charge in [-0.3, -0.25) is 14.4 Å². The lowest BCUT2D eigenvalue weighted by Gasteiger charge is -2.13. The predicted octanol–water partition coefficient (Wildman–Crippen LogP) is 5.54. The second-order valence-corrected chi connectivity index (χ2v) is 8.38. The standard InChI is InChI=1S/C27H27F3N4O3/c1-3-17(2)32-25(36)18-7-4-10-21(13-18)31-16-24(35)33-22-11-5-8-19(14-22)26(37)34-23-12-6-9-20(15-23)27(28,29)30/h4-15,17,31H,3,16H2,1-2H3,(H,32,36)(H,33,35)(H,34,37). The fraction of sp³-hybridized carbons (Fsp3) is 0.222. The van der Waals surface area contributed by atoms with Crippen molar-refractivity contribution < 1.29 is 27.6 Å². The average Bonchev–Trinajstić information content (AvgIpc) is 2.87. The molecule has 3 aromatic rings. The monoisotopic (exact) mass is 512 g/mol. The Bertz CT molecular complexity index is 1280. The molecule has 37 heavy (non-hydrogen) atoms. The third-order valence-corrected chi connectivity index (χ3v) is 5.42. The summed E-state index contributed by atoms with van der Waals surface area (Å²) in [6, 6.07) is 17.1. The summed E-state index contributed by atoms with van der Waals surface area (Å²) < 4.78 is 38.7. The number of carbonyl (C=O) groups excluding carboxylic acids is 3. The number of amides is 3. The zero-order valence-electron chi connectivity index (χ0n) is 20.3. The lowest BCUT2D eigenvalue weighted by molar-refractivity contribution is -0.137. The van der Waals surface area contributed by atoms with E-state index in [9.17, 15) is 27.6 Å². The third kappa shape index (κ3) is 8.09. The molecule has 3 rings (SSSR count). The summed E-state index contributed by atoms with van der Waals surface area (Å²) in [6.45, 7) is 3.78. The molecule has 0 bridgehead atoms. The highest BCUT2D eigenvalue weighted by atomic mass is 19.4. The molecule has 0 aliphatic heterocycles. The minimum absolute atomic E-state index is 0.00136. The molecule has 7 nitrogen and oxygen atoms in total. The molecule has 0 heterocycles. The molecule has 1 unspecified atom stereocenters. The predicted molar refractivity (Wildman–Crippen MR) is 137 cm³/mol. The molecular weight excluding hydrogens is 485 g/mol. The molecule has 4 N–H and O–H groups in total. The van der Waals surface area contributed by atoms with Crippen LogP contribution >= 0.6 is 0 Å². The summed E-state index contributed by atoms with van der Waals surface area (Å²) in [5, 5.41) is 10.9. The summed E-state index contributed by atoms with van der Waals surface area (Å²) in [4.78, 5) is 37.3. The van der Waals surface area contributed by atoms with Crippen LogP contribution in [0, 0.1) is 0 Å². The van der Waals surface area contributed by atoms with Gasteiger partial charge >= 0.3 is 6.18 Å². The molecule has 0 aliphatic rings. The van der Waals surface area contributed by atoms with Crippen LogP contribution in [-0.4, -0.2) is 30.3 Å². The van der Waals surface area contributed by atoms with Crippen LogP contribution < -0.4 is 21.3 Å². The molecule has 0 spiro atoms. The van der Waals surface area contributed by atoms with Crippen LogP contribution in [-0.2, 0) is 11.0 Å². The molecule has 0 fully saturated rings. The number of alkyl halides is 3.